The average Bonchev–Trinajstić information content (AvgIpc) is 2.53. The molecule has 5 heteroatoms. The molecule has 0 bridgehead atoms. The summed E-state index contributed by atoms with van der Waals surface area (Å²) in [5, 5.41) is 10.4. The Bertz CT molecular complexity index is 411. The minimum atomic E-state index is 0.0936. The van der Waals surface area contributed by atoms with Crippen LogP contribution in [0.5, 0.6) is 0 Å². The van der Waals surface area contributed by atoms with Gasteiger partial charge in [0.15, 0.2) is 0 Å². The number of rotatable bonds is 6. The van der Waals surface area contributed by atoms with Gasteiger partial charge in [-0.25, -0.2) is 0 Å². The normalized spacial score (nSPS) is 12.5. The van der Waals surface area contributed by atoms with Crippen LogP contribution in [0, 0.1) is 13.8 Å². The lowest BCUT2D eigenvalue weighted by Gasteiger charge is -2.14. The van der Waals surface area contributed by atoms with Crippen molar-refractivity contribution >= 4 is 5.91 Å². The van der Waals surface area contributed by atoms with Crippen LogP contribution in [0.15, 0.2) is 0 Å². The van der Waals surface area contributed by atoms with Crippen LogP contribution in [0.25, 0.3) is 0 Å². The SMILES string of the molecule is CNCCC(=O)NC(C)Cc1c(C)nn(C)c1C. The van der Waals surface area contributed by atoms with Gasteiger partial charge in [-0.05, 0) is 39.8 Å². The van der Waals surface area contributed by atoms with Gasteiger partial charge in [0.25, 0.3) is 0 Å². The van der Waals surface area contributed by atoms with E-state index in [1.807, 2.05) is 32.6 Å². The third-order valence-electron chi connectivity index (χ3n) is 3.18. The molecular weight excluding hydrogens is 228 g/mol. The third-order valence-corrected chi connectivity index (χ3v) is 3.18. The van der Waals surface area contributed by atoms with E-state index in [1.165, 1.54) is 11.3 Å². The molecule has 1 aromatic heterocycles. The van der Waals surface area contributed by atoms with Crippen LogP contribution in [0.3, 0.4) is 0 Å². The Labute approximate surface area is 109 Å². The summed E-state index contributed by atoms with van der Waals surface area (Å²) in [4.78, 5) is 11.6. The lowest BCUT2D eigenvalue weighted by atomic mass is 10.1. The Morgan fingerprint density at radius 3 is 2.61 bits per heavy atom. The lowest BCUT2D eigenvalue weighted by Crippen LogP contribution is -2.35. The summed E-state index contributed by atoms with van der Waals surface area (Å²) in [6.45, 7) is 6.81. The largest absolute Gasteiger partial charge is 0.353 e. The van der Waals surface area contributed by atoms with E-state index in [0.717, 1.165) is 12.1 Å². The quantitative estimate of drug-likeness (QED) is 0.783. The van der Waals surface area contributed by atoms with Crippen LogP contribution < -0.4 is 10.6 Å². The Hall–Kier alpha value is -1.36. The summed E-state index contributed by atoms with van der Waals surface area (Å²) in [6, 6.07) is 0.135. The Morgan fingerprint density at radius 1 is 1.44 bits per heavy atom. The molecule has 1 amide bonds. The highest BCUT2D eigenvalue weighted by molar-refractivity contribution is 5.76. The van der Waals surface area contributed by atoms with Gasteiger partial charge < -0.3 is 10.6 Å². The first-order valence-corrected chi connectivity index (χ1v) is 6.38. The van der Waals surface area contributed by atoms with Crippen molar-refractivity contribution in [2.45, 2.75) is 39.7 Å². The van der Waals surface area contributed by atoms with Crippen LogP contribution in [0.2, 0.25) is 0 Å². The van der Waals surface area contributed by atoms with E-state index >= 15 is 0 Å². The monoisotopic (exact) mass is 252 g/mol. The molecule has 18 heavy (non-hydrogen) atoms. The molecule has 0 spiro atoms. The molecule has 0 aliphatic carbocycles. The van der Waals surface area contributed by atoms with Crippen LogP contribution in [-0.2, 0) is 18.3 Å². The Balaban J connectivity index is 2.54. The summed E-state index contributed by atoms with van der Waals surface area (Å²) < 4.78 is 1.89. The zero-order valence-electron chi connectivity index (χ0n) is 12.0. The van der Waals surface area contributed by atoms with Gasteiger partial charge in [0, 0.05) is 31.7 Å². The van der Waals surface area contributed by atoms with Crippen molar-refractivity contribution in [2.75, 3.05) is 13.6 Å². The van der Waals surface area contributed by atoms with E-state index in [9.17, 15) is 4.79 Å². The molecule has 102 valence electrons. The molecule has 1 atom stereocenters. The number of amides is 1. The Kier molecular flexibility index (Phi) is 5.34. The van der Waals surface area contributed by atoms with Gasteiger partial charge in [-0.15, -0.1) is 0 Å². The molecule has 0 aliphatic rings. The first kappa shape index (κ1) is 14.7. The maximum Gasteiger partial charge on any atom is 0.221 e. The van der Waals surface area contributed by atoms with Crippen LogP contribution in [0.4, 0.5) is 0 Å². The first-order valence-electron chi connectivity index (χ1n) is 6.38. The van der Waals surface area contributed by atoms with E-state index < -0.39 is 0 Å². The average molecular weight is 252 g/mol. The number of carbonyl (C=O) groups excluding carboxylic acids is 1. The van der Waals surface area contributed by atoms with Crippen molar-refractivity contribution in [3.05, 3.63) is 17.0 Å². The van der Waals surface area contributed by atoms with Crippen LogP contribution in [0.1, 0.15) is 30.3 Å². The fraction of sp³-hybridized carbons (Fsp3) is 0.692. The van der Waals surface area contributed by atoms with E-state index in [0.29, 0.717) is 13.0 Å². The zero-order valence-corrected chi connectivity index (χ0v) is 12.0. The fourth-order valence-corrected chi connectivity index (χ4v) is 2.06. The number of aromatic nitrogens is 2. The van der Waals surface area contributed by atoms with Crippen molar-refractivity contribution in [1.82, 2.24) is 20.4 Å². The third kappa shape index (κ3) is 3.84. The van der Waals surface area contributed by atoms with E-state index in [-0.39, 0.29) is 11.9 Å². The second kappa shape index (κ2) is 6.54. The molecule has 0 saturated heterocycles. The first-order chi connectivity index (χ1) is 8.45. The van der Waals surface area contributed by atoms with Gasteiger partial charge >= 0.3 is 0 Å². The molecule has 0 fully saturated rings. The van der Waals surface area contributed by atoms with Crippen molar-refractivity contribution in [1.29, 1.82) is 0 Å². The molecule has 0 aromatic carbocycles. The number of hydrogen-bond donors (Lipinski definition) is 2. The smallest absolute Gasteiger partial charge is 0.221 e. The van der Waals surface area contributed by atoms with Gasteiger partial charge in [0.2, 0.25) is 5.91 Å². The highest BCUT2D eigenvalue weighted by Gasteiger charge is 2.14. The van der Waals surface area contributed by atoms with Gasteiger partial charge in [-0.2, -0.15) is 5.10 Å². The summed E-state index contributed by atoms with van der Waals surface area (Å²) in [7, 11) is 3.79. The molecule has 1 heterocycles. The topological polar surface area (TPSA) is 59.0 Å². The molecular formula is C13H24N4O. The van der Waals surface area contributed by atoms with Gasteiger partial charge in [0.1, 0.15) is 0 Å². The molecule has 0 saturated carbocycles. The number of nitrogens with one attached hydrogen (secondary N) is 2. The molecule has 5 nitrogen and oxygen atoms in total. The Morgan fingerprint density at radius 2 is 2.11 bits per heavy atom. The second-order valence-corrected chi connectivity index (χ2v) is 4.80. The molecule has 0 aliphatic heterocycles. The van der Waals surface area contributed by atoms with Crippen molar-refractivity contribution in [3.63, 3.8) is 0 Å². The summed E-state index contributed by atoms with van der Waals surface area (Å²) >= 11 is 0. The molecule has 0 radical (unpaired) electrons. The van der Waals surface area contributed by atoms with E-state index in [1.54, 1.807) is 0 Å². The predicted molar refractivity (Wildman–Crippen MR) is 72.5 cm³/mol. The zero-order chi connectivity index (χ0) is 13.7. The fourth-order valence-electron chi connectivity index (χ4n) is 2.06. The maximum atomic E-state index is 11.6. The molecule has 1 rings (SSSR count). The number of hydrogen-bond acceptors (Lipinski definition) is 3. The molecule has 1 unspecified atom stereocenters. The van der Waals surface area contributed by atoms with Crippen LogP contribution in [-0.4, -0.2) is 35.3 Å². The number of aryl methyl sites for hydroxylation is 2. The predicted octanol–water partition coefficient (Wildman–Crippen LogP) is 0.694. The number of nitrogens with zero attached hydrogens (tertiary/aromatic N) is 2. The minimum Gasteiger partial charge on any atom is -0.353 e. The van der Waals surface area contributed by atoms with E-state index in [2.05, 4.69) is 22.7 Å². The van der Waals surface area contributed by atoms with Crippen molar-refractivity contribution in [2.24, 2.45) is 7.05 Å². The second-order valence-electron chi connectivity index (χ2n) is 4.80. The highest BCUT2D eigenvalue weighted by atomic mass is 16.1. The molecule has 1 aromatic rings. The van der Waals surface area contributed by atoms with Gasteiger partial charge in [-0.1, -0.05) is 0 Å². The van der Waals surface area contributed by atoms with E-state index in [4.69, 9.17) is 0 Å². The van der Waals surface area contributed by atoms with Crippen LogP contribution >= 0.6 is 0 Å². The number of carbonyl (C=O) groups is 1. The summed E-state index contributed by atoms with van der Waals surface area (Å²) in [5.41, 5.74) is 3.45. The highest BCUT2D eigenvalue weighted by Crippen LogP contribution is 2.14. The standard InChI is InChI=1S/C13H24N4O/c1-9(15-13(18)6-7-14-4)8-12-10(2)16-17(5)11(12)3/h9,14H,6-8H2,1-5H3,(H,15,18). The lowest BCUT2D eigenvalue weighted by molar-refractivity contribution is -0.121. The summed E-state index contributed by atoms with van der Waals surface area (Å²) in [5.74, 6) is 0.0936. The maximum absolute atomic E-state index is 11.6. The summed E-state index contributed by atoms with van der Waals surface area (Å²) in [6.07, 6.45) is 1.35. The van der Waals surface area contributed by atoms with Gasteiger partial charge in [0.05, 0.1) is 5.69 Å². The van der Waals surface area contributed by atoms with Crippen molar-refractivity contribution in [3.8, 4) is 0 Å². The molecule has 2 N–H and O–H groups in total. The van der Waals surface area contributed by atoms with Gasteiger partial charge in [-0.3, -0.25) is 9.48 Å². The van der Waals surface area contributed by atoms with Crippen molar-refractivity contribution < 1.29 is 4.79 Å². The minimum absolute atomic E-state index is 0.0936.